The van der Waals surface area contributed by atoms with Gasteiger partial charge in [-0.25, -0.2) is 0 Å². The zero-order valence-corrected chi connectivity index (χ0v) is 10.3. The quantitative estimate of drug-likeness (QED) is 0.619. The van der Waals surface area contributed by atoms with E-state index in [2.05, 4.69) is 0 Å². The van der Waals surface area contributed by atoms with Crippen LogP contribution in [0.1, 0.15) is 0 Å². The highest BCUT2D eigenvalue weighted by atomic mass is 35.5. The molecule has 1 aromatic rings. The van der Waals surface area contributed by atoms with Crippen molar-refractivity contribution in [3.63, 3.8) is 0 Å². The summed E-state index contributed by atoms with van der Waals surface area (Å²) in [4.78, 5) is 15.3. The molecular weight excluding hydrogens is 253 g/mol. The van der Waals surface area contributed by atoms with Gasteiger partial charge >= 0.3 is 0 Å². The number of carbonyl (C=O) groups excluding carboxylic acids is 1. The molecule has 0 radical (unpaired) electrons. The molecule has 0 saturated carbocycles. The molecule has 16 heavy (non-hydrogen) atoms. The Morgan fingerprint density at radius 3 is 2.56 bits per heavy atom. The van der Waals surface area contributed by atoms with Crippen molar-refractivity contribution in [1.29, 1.82) is 0 Å². The molecule has 0 bridgehead atoms. The van der Waals surface area contributed by atoms with Gasteiger partial charge in [0.05, 0.1) is 19.9 Å². The topological polar surface area (TPSA) is 38.8 Å². The second-order valence-electron chi connectivity index (χ2n) is 2.82. The summed E-state index contributed by atoms with van der Waals surface area (Å²) < 4.78 is 5.03. The summed E-state index contributed by atoms with van der Waals surface area (Å²) >= 11 is 11.0. The summed E-state index contributed by atoms with van der Waals surface area (Å²) in [5.74, 6) is 0.0483. The molecule has 6 heteroatoms. The minimum Gasteiger partial charge on any atom is -0.497 e. The van der Waals surface area contributed by atoms with E-state index in [0.717, 1.165) is 5.06 Å². The van der Waals surface area contributed by atoms with E-state index in [1.807, 2.05) is 0 Å². The van der Waals surface area contributed by atoms with Gasteiger partial charge in [-0.2, -0.15) is 5.06 Å². The van der Waals surface area contributed by atoms with Crippen LogP contribution in [0, 0.1) is 0 Å². The Morgan fingerprint density at radius 1 is 1.38 bits per heavy atom. The van der Waals surface area contributed by atoms with Crippen LogP contribution in [-0.4, -0.2) is 25.0 Å². The van der Waals surface area contributed by atoms with Crippen molar-refractivity contribution in [1.82, 2.24) is 0 Å². The maximum absolute atomic E-state index is 11.6. The van der Waals surface area contributed by atoms with E-state index >= 15 is 0 Å². The number of hydrogen-bond donors (Lipinski definition) is 0. The first-order valence-corrected chi connectivity index (χ1v) is 5.27. The summed E-state index contributed by atoms with van der Waals surface area (Å²) in [6, 6.07) is 6.79. The molecule has 0 atom stereocenters. The number of methoxy groups -OCH3 is 1. The molecule has 0 N–H and O–H groups in total. The minimum absolute atomic E-state index is 0.498. The molecule has 88 valence electrons. The standard InChI is InChI=1S/C10H11Cl2NO3/c1-15-8-5-3-4-7(6-8)13(16-2)10(14)9(11)12/h3-6,9H,1-2H3. The van der Waals surface area contributed by atoms with E-state index in [9.17, 15) is 4.79 Å². The van der Waals surface area contributed by atoms with Crippen LogP contribution in [0.3, 0.4) is 0 Å². The number of anilines is 1. The largest absolute Gasteiger partial charge is 0.497 e. The zero-order valence-electron chi connectivity index (χ0n) is 8.81. The van der Waals surface area contributed by atoms with Crippen LogP contribution >= 0.6 is 23.2 Å². The normalized spacial score (nSPS) is 10.3. The summed E-state index contributed by atoms with van der Waals surface area (Å²) in [6.45, 7) is 0. The van der Waals surface area contributed by atoms with E-state index in [-0.39, 0.29) is 0 Å². The van der Waals surface area contributed by atoms with Crippen molar-refractivity contribution in [2.75, 3.05) is 19.3 Å². The number of hydrogen-bond acceptors (Lipinski definition) is 3. The molecule has 0 spiro atoms. The number of benzene rings is 1. The van der Waals surface area contributed by atoms with E-state index < -0.39 is 10.7 Å². The summed E-state index contributed by atoms with van der Waals surface area (Å²) in [7, 11) is 2.89. The lowest BCUT2D eigenvalue weighted by Crippen LogP contribution is -2.33. The second-order valence-corrected chi connectivity index (χ2v) is 3.91. The third kappa shape index (κ3) is 3.01. The van der Waals surface area contributed by atoms with Crippen molar-refractivity contribution in [3.05, 3.63) is 24.3 Å². The lowest BCUT2D eigenvalue weighted by Gasteiger charge is -2.20. The molecule has 1 amide bonds. The highest BCUT2D eigenvalue weighted by Crippen LogP contribution is 2.22. The monoisotopic (exact) mass is 263 g/mol. The summed E-state index contributed by atoms with van der Waals surface area (Å²) in [6.07, 6.45) is 0. The average Bonchev–Trinajstić information content (AvgIpc) is 2.30. The van der Waals surface area contributed by atoms with Crippen molar-refractivity contribution < 1.29 is 14.4 Å². The van der Waals surface area contributed by atoms with E-state index in [1.165, 1.54) is 14.2 Å². The number of hydroxylamine groups is 1. The number of carbonyl (C=O) groups is 1. The van der Waals surface area contributed by atoms with Crippen LogP contribution < -0.4 is 9.80 Å². The minimum atomic E-state index is -1.17. The molecule has 1 rings (SSSR count). The lowest BCUT2D eigenvalue weighted by atomic mass is 10.3. The second kappa shape index (κ2) is 5.94. The van der Waals surface area contributed by atoms with E-state index in [1.54, 1.807) is 24.3 Å². The lowest BCUT2D eigenvalue weighted by molar-refractivity contribution is -0.123. The number of ether oxygens (including phenoxy) is 1. The van der Waals surface area contributed by atoms with Gasteiger partial charge in [-0.15, -0.1) is 0 Å². The zero-order chi connectivity index (χ0) is 12.1. The Kier molecular flexibility index (Phi) is 4.86. The number of amides is 1. The maximum Gasteiger partial charge on any atom is 0.284 e. The van der Waals surface area contributed by atoms with Crippen LogP contribution in [0.4, 0.5) is 5.69 Å². The fraction of sp³-hybridized carbons (Fsp3) is 0.300. The van der Waals surface area contributed by atoms with Crippen molar-refractivity contribution in [2.45, 2.75) is 4.84 Å². The van der Waals surface area contributed by atoms with Gasteiger partial charge in [0.15, 0.2) is 4.84 Å². The average molecular weight is 264 g/mol. The summed E-state index contributed by atoms with van der Waals surface area (Å²) in [5, 5.41) is 1.01. The number of nitrogens with zero attached hydrogens (tertiary/aromatic N) is 1. The molecule has 1 aromatic carbocycles. The fourth-order valence-corrected chi connectivity index (χ4v) is 1.33. The predicted molar refractivity (Wildman–Crippen MR) is 63.0 cm³/mol. The van der Waals surface area contributed by atoms with E-state index in [4.69, 9.17) is 32.8 Å². The third-order valence-electron chi connectivity index (χ3n) is 1.86. The Bertz CT molecular complexity index is 371. The first-order chi connectivity index (χ1) is 7.60. The number of halogens is 2. The molecule has 0 saturated heterocycles. The van der Waals surface area contributed by atoms with Gasteiger partial charge in [0.2, 0.25) is 0 Å². The highest BCUT2D eigenvalue weighted by Gasteiger charge is 2.22. The molecule has 0 aliphatic rings. The molecule has 0 aliphatic heterocycles. The van der Waals surface area contributed by atoms with Gasteiger partial charge in [0.25, 0.3) is 5.91 Å². The van der Waals surface area contributed by atoms with Gasteiger partial charge in [0, 0.05) is 6.07 Å². The molecule has 0 unspecified atom stereocenters. The first-order valence-electron chi connectivity index (χ1n) is 4.40. The molecule has 0 fully saturated rings. The summed E-state index contributed by atoms with van der Waals surface area (Å²) in [5.41, 5.74) is 0.498. The molecule has 0 aliphatic carbocycles. The molecule has 0 aromatic heterocycles. The Labute approximate surface area is 104 Å². The maximum atomic E-state index is 11.6. The number of rotatable bonds is 4. The number of alkyl halides is 2. The fourth-order valence-electron chi connectivity index (χ4n) is 1.15. The Morgan fingerprint density at radius 2 is 2.06 bits per heavy atom. The first kappa shape index (κ1) is 13.1. The van der Waals surface area contributed by atoms with E-state index in [0.29, 0.717) is 11.4 Å². The third-order valence-corrected chi connectivity index (χ3v) is 2.23. The van der Waals surface area contributed by atoms with Crippen molar-refractivity contribution in [2.24, 2.45) is 0 Å². The van der Waals surface area contributed by atoms with Gasteiger partial charge < -0.3 is 4.74 Å². The molecule has 4 nitrogen and oxygen atoms in total. The van der Waals surface area contributed by atoms with Crippen LogP contribution in [-0.2, 0) is 9.63 Å². The van der Waals surface area contributed by atoms with Gasteiger partial charge in [-0.1, -0.05) is 29.3 Å². The SMILES string of the molecule is COc1cccc(N(OC)C(=O)C(Cl)Cl)c1. The Hall–Kier alpha value is -0.970. The molecular formula is C10H11Cl2NO3. The van der Waals surface area contributed by atoms with Crippen LogP contribution in [0.25, 0.3) is 0 Å². The smallest absolute Gasteiger partial charge is 0.284 e. The van der Waals surface area contributed by atoms with Gasteiger partial charge in [-0.3, -0.25) is 9.63 Å². The van der Waals surface area contributed by atoms with Crippen LogP contribution in [0.15, 0.2) is 24.3 Å². The van der Waals surface area contributed by atoms with Crippen molar-refractivity contribution in [3.8, 4) is 5.75 Å². The van der Waals surface area contributed by atoms with Crippen molar-refractivity contribution >= 4 is 34.8 Å². The van der Waals surface area contributed by atoms with Crippen LogP contribution in [0.2, 0.25) is 0 Å². The van der Waals surface area contributed by atoms with Crippen LogP contribution in [0.5, 0.6) is 5.75 Å². The highest BCUT2D eigenvalue weighted by molar-refractivity contribution is 6.54. The van der Waals surface area contributed by atoms with Gasteiger partial charge in [0.1, 0.15) is 5.75 Å². The predicted octanol–water partition coefficient (Wildman–Crippen LogP) is 2.39. The Balaban J connectivity index is 2.99. The molecule has 0 heterocycles. The van der Waals surface area contributed by atoms with Gasteiger partial charge in [-0.05, 0) is 12.1 Å².